The van der Waals surface area contributed by atoms with Crippen molar-refractivity contribution in [2.45, 2.75) is 51.1 Å². The molecule has 1 aromatic rings. The van der Waals surface area contributed by atoms with Gasteiger partial charge in [-0.1, -0.05) is 36.3 Å². The van der Waals surface area contributed by atoms with Crippen molar-refractivity contribution < 1.29 is 5.21 Å². The Bertz CT molecular complexity index is 445. The summed E-state index contributed by atoms with van der Waals surface area (Å²) in [5, 5.41) is 15.3. The van der Waals surface area contributed by atoms with E-state index in [2.05, 4.69) is 41.7 Å². The van der Waals surface area contributed by atoms with E-state index in [1.165, 1.54) is 11.1 Å². The lowest BCUT2D eigenvalue weighted by Gasteiger charge is -2.29. The molecule has 2 unspecified atom stereocenters. The maximum Gasteiger partial charge on any atom is 0.140 e. The number of benzene rings is 1. The van der Waals surface area contributed by atoms with Crippen LogP contribution in [-0.4, -0.2) is 23.1 Å². The highest BCUT2D eigenvalue weighted by atomic mass is 16.4. The topological polar surface area (TPSA) is 70.6 Å². The molecule has 2 atom stereocenters. The summed E-state index contributed by atoms with van der Waals surface area (Å²) in [7, 11) is 0. The van der Waals surface area contributed by atoms with Crippen molar-refractivity contribution in [2.24, 2.45) is 10.9 Å². The van der Waals surface area contributed by atoms with Crippen LogP contribution >= 0.6 is 0 Å². The van der Waals surface area contributed by atoms with Crippen molar-refractivity contribution in [3.63, 3.8) is 0 Å². The second kappa shape index (κ2) is 6.57. The average molecular weight is 261 g/mol. The second-order valence-electron chi connectivity index (χ2n) is 5.28. The lowest BCUT2D eigenvalue weighted by atomic mass is 9.88. The summed E-state index contributed by atoms with van der Waals surface area (Å²) in [4.78, 5) is 0. The number of nitrogens with one attached hydrogen (secondary N) is 1. The van der Waals surface area contributed by atoms with Crippen molar-refractivity contribution in [3.8, 4) is 0 Å². The van der Waals surface area contributed by atoms with Gasteiger partial charge >= 0.3 is 0 Å². The number of amidine groups is 1. The van der Waals surface area contributed by atoms with E-state index in [1.54, 1.807) is 0 Å². The van der Waals surface area contributed by atoms with Crippen LogP contribution in [0.3, 0.4) is 0 Å². The van der Waals surface area contributed by atoms with Gasteiger partial charge in [-0.05, 0) is 36.8 Å². The van der Waals surface area contributed by atoms with E-state index in [4.69, 9.17) is 10.9 Å². The molecular formula is C15H23N3O. The van der Waals surface area contributed by atoms with Gasteiger partial charge in [0.25, 0.3) is 0 Å². The van der Waals surface area contributed by atoms with Crippen molar-refractivity contribution in [1.82, 2.24) is 5.32 Å². The quantitative estimate of drug-likeness (QED) is 0.329. The second-order valence-corrected chi connectivity index (χ2v) is 5.28. The first-order valence-corrected chi connectivity index (χ1v) is 7.02. The number of aryl methyl sites for hydroxylation is 1. The normalized spacial score (nSPS) is 20.9. The zero-order valence-corrected chi connectivity index (χ0v) is 11.5. The first-order valence-electron chi connectivity index (χ1n) is 7.02. The molecule has 1 aliphatic carbocycles. The third kappa shape index (κ3) is 3.70. The summed E-state index contributed by atoms with van der Waals surface area (Å²) < 4.78 is 0. The van der Waals surface area contributed by atoms with E-state index in [0.717, 1.165) is 25.7 Å². The molecule has 104 valence electrons. The van der Waals surface area contributed by atoms with Gasteiger partial charge in [0.05, 0.1) is 0 Å². The Morgan fingerprint density at radius 2 is 2.21 bits per heavy atom. The van der Waals surface area contributed by atoms with E-state index >= 15 is 0 Å². The van der Waals surface area contributed by atoms with E-state index < -0.39 is 0 Å². The van der Waals surface area contributed by atoms with Crippen LogP contribution in [0.5, 0.6) is 0 Å². The van der Waals surface area contributed by atoms with Crippen LogP contribution < -0.4 is 11.1 Å². The highest BCUT2D eigenvalue weighted by Gasteiger charge is 2.20. The largest absolute Gasteiger partial charge is 0.409 e. The van der Waals surface area contributed by atoms with Crippen LogP contribution in [0, 0.1) is 0 Å². The molecule has 0 heterocycles. The molecule has 0 saturated heterocycles. The van der Waals surface area contributed by atoms with E-state index in [-0.39, 0.29) is 6.04 Å². The summed E-state index contributed by atoms with van der Waals surface area (Å²) in [6, 6.07) is 9.43. The number of hydrogen-bond acceptors (Lipinski definition) is 3. The molecule has 1 aliphatic rings. The van der Waals surface area contributed by atoms with E-state index in [1.807, 2.05) is 0 Å². The summed E-state index contributed by atoms with van der Waals surface area (Å²) in [5.41, 5.74) is 8.52. The van der Waals surface area contributed by atoms with Crippen LogP contribution in [-0.2, 0) is 12.8 Å². The summed E-state index contributed by atoms with van der Waals surface area (Å²) in [6.07, 6.45) is 4.94. The zero-order valence-electron chi connectivity index (χ0n) is 11.5. The van der Waals surface area contributed by atoms with Gasteiger partial charge in [0, 0.05) is 18.5 Å². The fraction of sp³-hybridized carbons (Fsp3) is 0.533. The van der Waals surface area contributed by atoms with Crippen LogP contribution in [0.4, 0.5) is 0 Å². The van der Waals surface area contributed by atoms with Gasteiger partial charge in [-0.2, -0.15) is 0 Å². The van der Waals surface area contributed by atoms with E-state index in [9.17, 15) is 0 Å². The summed E-state index contributed by atoms with van der Waals surface area (Å²) >= 11 is 0. The fourth-order valence-corrected chi connectivity index (χ4v) is 2.79. The Labute approximate surface area is 114 Å². The molecule has 0 spiro atoms. The van der Waals surface area contributed by atoms with Gasteiger partial charge in [0.1, 0.15) is 5.84 Å². The smallest absolute Gasteiger partial charge is 0.140 e. The van der Waals surface area contributed by atoms with Gasteiger partial charge in [-0.3, -0.25) is 0 Å². The first kappa shape index (κ1) is 13.9. The molecule has 0 fully saturated rings. The predicted octanol–water partition coefficient (Wildman–Crippen LogP) is 2.05. The number of oxime groups is 1. The number of nitrogens with two attached hydrogens (primary N) is 1. The Morgan fingerprint density at radius 3 is 2.89 bits per heavy atom. The molecule has 19 heavy (non-hydrogen) atoms. The third-order valence-electron chi connectivity index (χ3n) is 3.90. The van der Waals surface area contributed by atoms with Gasteiger partial charge < -0.3 is 16.3 Å². The van der Waals surface area contributed by atoms with E-state index in [0.29, 0.717) is 18.3 Å². The van der Waals surface area contributed by atoms with Crippen LogP contribution in [0.25, 0.3) is 0 Å². The molecule has 4 nitrogen and oxygen atoms in total. The molecule has 0 amide bonds. The molecule has 1 aromatic carbocycles. The SMILES string of the molecule is CCC(CC(N)=NO)NC1CCc2ccccc2C1. The van der Waals surface area contributed by atoms with Crippen LogP contribution in [0.15, 0.2) is 29.4 Å². The maximum absolute atomic E-state index is 8.65. The van der Waals surface area contributed by atoms with Crippen LogP contribution in [0.1, 0.15) is 37.3 Å². The minimum Gasteiger partial charge on any atom is -0.409 e. The van der Waals surface area contributed by atoms with Crippen molar-refractivity contribution in [2.75, 3.05) is 0 Å². The zero-order chi connectivity index (χ0) is 13.7. The molecule has 0 aromatic heterocycles. The molecule has 0 radical (unpaired) electrons. The van der Waals surface area contributed by atoms with Gasteiger partial charge in [0.2, 0.25) is 0 Å². The van der Waals surface area contributed by atoms with Crippen molar-refractivity contribution in [1.29, 1.82) is 0 Å². The van der Waals surface area contributed by atoms with Crippen molar-refractivity contribution in [3.05, 3.63) is 35.4 Å². The minimum atomic E-state index is 0.283. The monoisotopic (exact) mass is 261 g/mol. The molecule has 4 N–H and O–H groups in total. The Morgan fingerprint density at radius 1 is 1.47 bits per heavy atom. The Kier molecular flexibility index (Phi) is 4.80. The van der Waals surface area contributed by atoms with Crippen molar-refractivity contribution >= 4 is 5.84 Å². The predicted molar refractivity (Wildman–Crippen MR) is 77.5 cm³/mol. The number of rotatable bonds is 5. The van der Waals surface area contributed by atoms with Gasteiger partial charge in [-0.15, -0.1) is 0 Å². The molecule has 0 aliphatic heterocycles. The third-order valence-corrected chi connectivity index (χ3v) is 3.90. The average Bonchev–Trinajstić information content (AvgIpc) is 2.46. The highest BCUT2D eigenvalue weighted by Crippen LogP contribution is 2.21. The first-order chi connectivity index (χ1) is 9.22. The molecule has 0 saturated carbocycles. The summed E-state index contributed by atoms with van der Waals surface area (Å²) in [5.74, 6) is 0.301. The molecular weight excluding hydrogens is 238 g/mol. The van der Waals surface area contributed by atoms with Crippen LogP contribution in [0.2, 0.25) is 0 Å². The molecule has 2 rings (SSSR count). The standard InChI is InChI=1S/C15H23N3O/c1-2-13(10-15(16)18-19)17-14-8-7-11-5-3-4-6-12(11)9-14/h3-6,13-14,17,19H,2,7-10H2,1H3,(H2,16,18). The number of fused-ring (bicyclic) bond motifs is 1. The number of nitrogens with zero attached hydrogens (tertiary/aromatic N) is 1. The fourth-order valence-electron chi connectivity index (χ4n) is 2.79. The highest BCUT2D eigenvalue weighted by molar-refractivity contribution is 5.80. The van der Waals surface area contributed by atoms with Gasteiger partial charge in [0.15, 0.2) is 0 Å². The molecule has 0 bridgehead atoms. The maximum atomic E-state index is 8.65. The lowest BCUT2D eigenvalue weighted by molar-refractivity contribution is 0.314. The number of hydrogen-bond donors (Lipinski definition) is 3. The van der Waals surface area contributed by atoms with Gasteiger partial charge in [-0.25, -0.2) is 0 Å². The molecule has 4 heteroatoms. The lowest BCUT2D eigenvalue weighted by Crippen LogP contribution is -2.43. The summed E-state index contributed by atoms with van der Waals surface area (Å²) in [6.45, 7) is 2.12. The Balaban J connectivity index is 1.93. The minimum absolute atomic E-state index is 0.283. The Hall–Kier alpha value is -1.55.